The Hall–Kier alpha value is -3.16. The fourth-order valence-corrected chi connectivity index (χ4v) is 18.4. The number of carbonyl (C=O) groups excluding carboxylic acids is 2. The van der Waals surface area contributed by atoms with Crippen LogP contribution < -0.4 is 0 Å². The van der Waals surface area contributed by atoms with Gasteiger partial charge in [-0.05, 0) is 136 Å². The van der Waals surface area contributed by atoms with Crippen molar-refractivity contribution in [1.82, 2.24) is 9.80 Å². The van der Waals surface area contributed by atoms with E-state index >= 15 is 0 Å². The molecule has 116 heavy (non-hydrogen) atoms. The number of cyclic esters (lactones) is 2. The summed E-state index contributed by atoms with van der Waals surface area (Å²) in [5.41, 5.74) is -9.99. The number of hydrogen-bond acceptors (Lipinski definition) is 34. The number of aliphatic hydroxyl groups is 10. The van der Waals surface area contributed by atoms with Gasteiger partial charge in [0.1, 0.15) is 47.8 Å². The predicted octanol–water partition coefficient (Wildman–Crippen LogP) is 4.17. The van der Waals surface area contributed by atoms with Crippen molar-refractivity contribution in [2.24, 2.45) is 57.7 Å². The fourth-order valence-electron chi connectivity index (χ4n) is 18.4. The minimum absolute atomic E-state index is 0.00237. The maximum Gasteiger partial charge on any atom is 0.311 e. The first-order chi connectivity index (χ1) is 54.1. The van der Waals surface area contributed by atoms with Crippen molar-refractivity contribution in [2.45, 2.75) is 358 Å². The molecule has 0 aromatic carbocycles. The van der Waals surface area contributed by atoms with Crippen LogP contribution in [0, 0.1) is 47.3 Å². The van der Waals surface area contributed by atoms with Crippen LogP contribution in [-0.2, 0) is 95.1 Å². The highest BCUT2D eigenvalue weighted by atomic mass is 16.8. The molecule has 6 rings (SSSR count). The minimum atomic E-state index is -2.07. The van der Waals surface area contributed by atoms with Crippen molar-refractivity contribution in [3.63, 3.8) is 0 Å². The molecule has 6 fully saturated rings. The van der Waals surface area contributed by atoms with Gasteiger partial charge in [0.15, 0.2) is 25.2 Å². The normalized spacial score (nSPS) is 46.0. The molecule has 6 aliphatic heterocycles. The summed E-state index contributed by atoms with van der Waals surface area (Å²) >= 11 is 0. The van der Waals surface area contributed by atoms with Crippen LogP contribution in [0.1, 0.15) is 190 Å². The van der Waals surface area contributed by atoms with Crippen molar-refractivity contribution in [3.8, 4) is 0 Å². The van der Waals surface area contributed by atoms with Crippen LogP contribution in [0.4, 0.5) is 0 Å². The highest BCUT2D eigenvalue weighted by molar-refractivity contribution is 5.89. The standard InChI is InChI=1S/C82H150N4O30/c1-27-57-81(19,97)67(89)47(7)61(83-105-41-103-33-31-99-23)43(3)37-77(15,95)71(49(9)65(51(11)73(93)111-57)113-59-39-79(17,101-25)69(91)53(13)109-59)115-75-63(87)55(35-45(5)107-75)85(21)29-30-86(22)56-36-46(6)108-76(64(56)88)116-72-50(10)66(114-60-40-80(18,102-26)70(92)54(14)110-60)52(12)74(94)112-58(28-2)82(20,98)68(90)48(8)62(44(4)38-78(72,16)96)84-106-42-104-34-32-100-24/h43-60,63-72,75-76,87-92,95-98H,27-42H2,1-26H3/b83-61-,84-62-/t43-,44-,45-,46-,47+,48+,49+,50+,51-,52-,53+,54+,55+,56+,57-,58-,59+,60+,63-,64-,65+,66+,67-,68-,69+,70+,71-,72-,75+,76+,77-,78-,79-,80-,81-,82-/m1/s1. The van der Waals surface area contributed by atoms with Crippen LogP contribution in [0.5, 0.6) is 0 Å². The van der Waals surface area contributed by atoms with E-state index in [0.717, 1.165) is 0 Å². The number of aliphatic hydroxyl groups excluding tert-OH is 6. The molecule has 0 aromatic rings. The van der Waals surface area contributed by atoms with E-state index in [9.17, 15) is 60.7 Å². The second-order valence-electron chi connectivity index (χ2n) is 35.5. The quantitative estimate of drug-likeness (QED) is 0.0217. The highest BCUT2D eigenvalue weighted by Crippen LogP contribution is 2.45. The second kappa shape index (κ2) is 43.9. The van der Waals surface area contributed by atoms with Gasteiger partial charge in [0.2, 0.25) is 13.6 Å². The smallest absolute Gasteiger partial charge is 0.311 e. The molecule has 0 unspecified atom stereocenters. The monoisotopic (exact) mass is 1670 g/mol. The summed E-state index contributed by atoms with van der Waals surface area (Å²) in [5, 5.41) is 133. The van der Waals surface area contributed by atoms with Crippen LogP contribution in [0.3, 0.4) is 0 Å². The molecule has 6 aliphatic rings. The molecule has 678 valence electrons. The molecule has 6 heterocycles. The Bertz CT molecular complexity index is 2840. The molecule has 0 spiro atoms. The van der Waals surface area contributed by atoms with Gasteiger partial charge in [0, 0.05) is 102 Å². The van der Waals surface area contributed by atoms with Crippen LogP contribution in [0.25, 0.3) is 0 Å². The first kappa shape index (κ1) is 102. The number of likely N-dealkylation sites (N-methyl/N-ethyl adjacent to an activating group) is 2. The molecule has 0 amide bonds. The molecule has 0 aliphatic carbocycles. The first-order valence-corrected chi connectivity index (χ1v) is 41.8. The van der Waals surface area contributed by atoms with Crippen LogP contribution >= 0.6 is 0 Å². The summed E-state index contributed by atoms with van der Waals surface area (Å²) in [5.74, 6) is -9.61. The van der Waals surface area contributed by atoms with E-state index in [1.807, 2.05) is 37.7 Å². The van der Waals surface area contributed by atoms with Gasteiger partial charge in [-0.25, -0.2) is 0 Å². The molecule has 6 saturated heterocycles. The summed E-state index contributed by atoms with van der Waals surface area (Å²) < 4.78 is 99.4. The van der Waals surface area contributed by atoms with Crippen LogP contribution in [-0.4, -0.2) is 348 Å². The van der Waals surface area contributed by atoms with Gasteiger partial charge in [0.25, 0.3) is 0 Å². The average molecular weight is 1670 g/mol. The van der Waals surface area contributed by atoms with Crippen molar-refractivity contribution >= 4 is 23.4 Å². The van der Waals surface area contributed by atoms with Crippen molar-refractivity contribution in [3.05, 3.63) is 0 Å². The summed E-state index contributed by atoms with van der Waals surface area (Å²) in [4.78, 5) is 45.2. The molecular weight excluding hydrogens is 1520 g/mol. The molecule has 34 heteroatoms. The average Bonchev–Trinajstić information content (AvgIpc) is 0.773. The zero-order valence-electron chi connectivity index (χ0n) is 74.1. The topological polar surface area (TPSA) is 434 Å². The van der Waals surface area contributed by atoms with E-state index in [4.69, 9.17) is 85.5 Å². The third-order valence-electron chi connectivity index (χ3n) is 25.8. The Balaban J connectivity index is 1.36. The Labute approximate surface area is 688 Å². The maximum absolute atomic E-state index is 14.9. The number of methoxy groups -OCH3 is 4. The number of esters is 2. The lowest BCUT2D eigenvalue weighted by Crippen LogP contribution is -2.62. The molecule has 10 N–H and O–H groups in total. The molecule has 0 radical (unpaired) electrons. The lowest BCUT2D eigenvalue weighted by Gasteiger charge is -2.49. The van der Waals surface area contributed by atoms with Gasteiger partial charge in [-0.15, -0.1) is 0 Å². The summed E-state index contributed by atoms with van der Waals surface area (Å²) in [6.07, 6.45) is -23.5. The number of hydrogen-bond donors (Lipinski definition) is 10. The van der Waals surface area contributed by atoms with Gasteiger partial charge in [-0.2, -0.15) is 0 Å². The largest absolute Gasteiger partial charge is 0.459 e. The summed E-state index contributed by atoms with van der Waals surface area (Å²) in [6, 6.07) is -1.35. The van der Waals surface area contributed by atoms with Crippen LogP contribution in [0.15, 0.2) is 10.3 Å². The predicted molar refractivity (Wildman–Crippen MR) is 423 cm³/mol. The number of nitrogens with zero attached hydrogens (tertiary/aromatic N) is 4. The van der Waals surface area contributed by atoms with Gasteiger partial charge >= 0.3 is 11.9 Å². The third kappa shape index (κ3) is 24.9. The number of ether oxygens (including phenoxy) is 16. The van der Waals surface area contributed by atoms with E-state index in [0.29, 0.717) is 12.8 Å². The molecule has 0 saturated carbocycles. The first-order valence-electron chi connectivity index (χ1n) is 41.8. The third-order valence-corrected chi connectivity index (χ3v) is 25.8. The summed E-state index contributed by atoms with van der Waals surface area (Å²) in [6.45, 7) is 34.1. The minimum Gasteiger partial charge on any atom is -0.459 e. The van der Waals surface area contributed by atoms with Gasteiger partial charge in [-0.1, -0.05) is 65.7 Å². The fraction of sp³-hybridized carbons (Fsp3) is 0.951. The Morgan fingerprint density at radius 1 is 0.457 bits per heavy atom. The van der Waals surface area contributed by atoms with Gasteiger partial charge < -0.3 is 137 Å². The molecule has 36 atom stereocenters. The second-order valence-corrected chi connectivity index (χ2v) is 35.5. The van der Waals surface area contributed by atoms with Gasteiger partial charge in [0.05, 0.1) is 133 Å². The van der Waals surface area contributed by atoms with E-state index in [-0.39, 0.29) is 103 Å². The number of oxime groups is 2. The maximum atomic E-state index is 14.9. The van der Waals surface area contributed by atoms with Crippen LogP contribution in [0.2, 0.25) is 0 Å². The van der Waals surface area contributed by atoms with E-state index in [2.05, 4.69) is 10.3 Å². The van der Waals surface area contributed by atoms with Crippen molar-refractivity contribution in [2.75, 3.05) is 95.6 Å². The Morgan fingerprint density at radius 2 is 0.793 bits per heavy atom. The van der Waals surface area contributed by atoms with Crippen molar-refractivity contribution in [1.29, 1.82) is 0 Å². The zero-order valence-corrected chi connectivity index (χ0v) is 74.1. The zero-order chi connectivity index (χ0) is 87.2. The molecule has 34 nitrogen and oxygen atoms in total. The molecular formula is C82H150N4O30. The highest BCUT2D eigenvalue weighted by Gasteiger charge is 2.58. The lowest BCUT2D eigenvalue weighted by molar-refractivity contribution is -0.319. The van der Waals surface area contributed by atoms with E-state index in [1.165, 1.54) is 42.3 Å². The Morgan fingerprint density at radius 3 is 1.10 bits per heavy atom. The van der Waals surface area contributed by atoms with E-state index < -0.39 is 228 Å². The molecule has 0 bridgehead atoms. The lowest BCUT2D eigenvalue weighted by atomic mass is 9.73. The molecule has 0 aromatic heterocycles. The number of carbonyl (C=O) groups is 2. The van der Waals surface area contributed by atoms with Crippen molar-refractivity contribution < 1.29 is 146 Å². The Kier molecular flexibility index (Phi) is 38.5. The number of rotatable bonds is 29. The summed E-state index contributed by atoms with van der Waals surface area (Å²) in [7, 11) is 9.67. The van der Waals surface area contributed by atoms with Gasteiger partial charge in [-0.3, -0.25) is 19.4 Å². The SMILES string of the molecule is CC[C@H]1OC(=O)[C@H](C)[C@@H](O[C@H]2C[C@@](C)(OC)[C@@H](O)[C@H](C)O2)[C@H](C)[C@@H](O[C@@H]2O[C@H](C)C[C@H](N(C)CCN(C)[C@H]3C[C@@H](C)O[C@@H](O[C@@H]4[C@@H](C)[C@H](O[C@H]5C[C@@](C)(OC)[C@@H](O)[C@H](C)O5)[C@@H](C)C(=O)O[C@H](CC)[C@@](C)(O)[C@H](O)[C@@H](C)/C(=N\OCOCCOC)[C@H](C)C[C@@]4(C)O)[C@@H]3O)[C@H]2O)[C@](C)(O)C[C@@H](C)/C(=N/OCOCCOC)[C@H](C)[C@@H](O)[C@]1(C)O. The van der Waals surface area contributed by atoms with E-state index in [1.54, 1.807) is 111 Å².